The number of rotatable bonds is 6. The van der Waals surface area contributed by atoms with Gasteiger partial charge >= 0.3 is 0 Å². The largest absolute Gasteiger partial charge is 0.283 e. The van der Waals surface area contributed by atoms with Crippen molar-refractivity contribution in [3.8, 4) is 5.69 Å². The van der Waals surface area contributed by atoms with Gasteiger partial charge in [-0.15, -0.1) is 11.6 Å². The highest BCUT2D eigenvalue weighted by Crippen LogP contribution is 2.19. The van der Waals surface area contributed by atoms with E-state index < -0.39 is 15.8 Å². The molecule has 1 N–H and O–H groups in total. The Kier molecular flexibility index (Phi) is 4.79. The molecule has 0 radical (unpaired) electrons. The third kappa shape index (κ3) is 4.15. The van der Waals surface area contributed by atoms with Crippen LogP contribution in [0.15, 0.2) is 30.9 Å². The van der Waals surface area contributed by atoms with E-state index in [2.05, 4.69) is 14.8 Å². The van der Waals surface area contributed by atoms with Crippen LogP contribution in [0.4, 0.5) is 10.1 Å². The molecule has 21 heavy (non-hydrogen) atoms. The predicted octanol–water partition coefficient (Wildman–Crippen LogP) is 2.02. The van der Waals surface area contributed by atoms with Crippen LogP contribution in [-0.4, -0.2) is 34.8 Å². The van der Waals surface area contributed by atoms with E-state index in [1.807, 2.05) is 0 Å². The molecule has 0 aliphatic heterocycles. The van der Waals surface area contributed by atoms with Gasteiger partial charge in [0.15, 0.2) is 5.82 Å². The van der Waals surface area contributed by atoms with Crippen molar-refractivity contribution < 1.29 is 12.8 Å². The lowest BCUT2D eigenvalue weighted by molar-refractivity contribution is 0.588. The number of hydrogen-bond acceptors (Lipinski definition) is 4. The van der Waals surface area contributed by atoms with Crippen LogP contribution < -0.4 is 4.72 Å². The van der Waals surface area contributed by atoms with Crippen molar-refractivity contribution in [1.29, 1.82) is 0 Å². The number of halogens is 2. The van der Waals surface area contributed by atoms with Crippen LogP contribution in [0.2, 0.25) is 0 Å². The van der Waals surface area contributed by atoms with Gasteiger partial charge in [-0.25, -0.2) is 22.5 Å². The minimum atomic E-state index is -3.57. The van der Waals surface area contributed by atoms with Crippen molar-refractivity contribution >= 4 is 27.3 Å². The molecule has 0 saturated heterocycles. The molecular weight excluding hydrogens is 319 g/mol. The molecule has 1 aromatic heterocycles. The summed E-state index contributed by atoms with van der Waals surface area (Å²) < 4.78 is 41.3. The Labute approximate surface area is 127 Å². The molecule has 6 nitrogen and oxygen atoms in total. The Morgan fingerprint density at radius 1 is 1.48 bits per heavy atom. The van der Waals surface area contributed by atoms with Crippen molar-refractivity contribution in [2.75, 3.05) is 16.4 Å². The molecule has 1 unspecified atom stereocenters. The Bertz CT molecular complexity index is 706. The van der Waals surface area contributed by atoms with Crippen LogP contribution in [-0.2, 0) is 10.0 Å². The quantitative estimate of drug-likeness (QED) is 0.821. The summed E-state index contributed by atoms with van der Waals surface area (Å²) in [5.41, 5.74) is 0.336. The van der Waals surface area contributed by atoms with Gasteiger partial charge in [0.1, 0.15) is 18.3 Å². The predicted molar refractivity (Wildman–Crippen MR) is 78.6 cm³/mol. The Morgan fingerprint density at radius 3 is 2.81 bits per heavy atom. The molecule has 0 saturated carbocycles. The number of aromatic nitrogens is 3. The van der Waals surface area contributed by atoms with E-state index in [4.69, 9.17) is 11.6 Å². The summed E-state index contributed by atoms with van der Waals surface area (Å²) in [6, 6.07) is 3.98. The number of nitrogens with one attached hydrogen (secondary N) is 1. The van der Waals surface area contributed by atoms with E-state index in [0.717, 1.165) is 6.07 Å². The van der Waals surface area contributed by atoms with Gasteiger partial charge in [-0.05, 0) is 18.1 Å². The maximum absolute atomic E-state index is 14.0. The van der Waals surface area contributed by atoms with Crippen molar-refractivity contribution in [2.45, 2.75) is 6.92 Å². The summed E-state index contributed by atoms with van der Waals surface area (Å²) in [7, 11) is -3.57. The van der Waals surface area contributed by atoms with Gasteiger partial charge in [0.2, 0.25) is 10.0 Å². The van der Waals surface area contributed by atoms with E-state index in [0.29, 0.717) is 0 Å². The summed E-state index contributed by atoms with van der Waals surface area (Å²) in [6.07, 6.45) is 2.63. The third-order valence-corrected chi connectivity index (χ3v) is 4.74. The van der Waals surface area contributed by atoms with Gasteiger partial charge in [-0.3, -0.25) is 4.72 Å². The average Bonchev–Trinajstić information content (AvgIpc) is 2.91. The maximum Gasteiger partial charge on any atom is 0.233 e. The van der Waals surface area contributed by atoms with Gasteiger partial charge < -0.3 is 0 Å². The molecule has 2 aromatic rings. The highest BCUT2D eigenvalue weighted by Gasteiger charge is 2.16. The van der Waals surface area contributed by atoms with Gasteiger partial charge in [-0.1, -0.05) is 6.92 Å². The first-order chi connectivity index (χ1) is 9.91. The van der Waals surface area contributed by atoms with Crippen LogP contribution in [0.5, 0.6) is 0 Å². The summed E-state index contributed by atoms with van der Waals surface area (Å²) in [6.45, 7) is 1.72. The first-order valence-electron chi connectivity index (χ1n) is 6.12. The van der Waals surface area contributed by atoms with Crippen molar-refractivity contribution in [3.63, 3.8) is 0 Å². The van der Waals surface area contributed by atoms with Crippen LogP contribution in [0.25, 0.3) is 5.69 Å². The highest BCUT2D eigenvalue weighted by atomic mass is 35.5. The molecular formula is C12H14ClFN4O2S. The first-order valence-corrected chi connectivity index (χ1v) is 8.31. The lowest BCUT2D eigenvalue weighted by Crippen LogP contribution is -2.22. The lowest BCUT2D eigenvalue weighted by Gasteiger charge is -2.12. The number of alkyl halides is 1. The summed E-state index contributed by atoms with van der Waals surface area (Å²) in [5, 5.41) is 3.81. The number of sulfonamides is 1. The molecule has 1 aromatic carbocycles. The molecule has 0 fully saturated rings. The Hall–Kier alpha value is -1.67. The fourth-order valence-corrected chi connectivity index (χ4v) is 3.40. The second-order valence-electron chi connectivity index (χ2n) is 4.65. The van der Waals surface area contributed by atoms with E-state index >= 15 is 0 Å². The SMILES string of the molecule is CC(CCl)CS(=O)(=O)Nc1ccc(-n2cncn2)c(F)c1. The van der Waals surface area contributed by atoms with E-state index in [9.17, 15) is 12.8 Å². The van der Waals surface area contributed by atoms with E-state index in [-0.39, 0.29) is 28.9 Å². The van der Waals surface area contributed by atoms with Crippen LogP contribution in [0.1, 0.15) is 6.92 Å². The van der Waals surface area contributed by atoms with Crippen LogP contribution in [0.3, 0.4) is 0 Å². The number of nitrogens with zero attached hydrogens (tertiary/aromatic N) is 3. The second kappa shape index (κ2) is 6.40. The molecule has 0 aliphatic rings. The van der Waals surface area contributed by atoms with Crippen molar-refractivity contribution in [1.82, 2.24) is 14.8 Å². The molecule has 1 heterocycles. The summed E-state index contributed by atoms with van der Waals surface area (Å²) in [5.74, 6) is -0.682. The van der Waals surface area contributed by atoms with E-state index in [1.54, 1.807) is 6.92 Å². The lowest BCUT2D eigenvalue weighted by atomic mass is 10.3. The standard InChI is InChI=1S/C12H14ClFN4O2S/c1-9(5-13)6-21(19,20)17-10-2-3-12(11(14)4-10)18-8-15-7-16-18/h2-4,7-9,17H,5-6H2,1H3. The Morgan fingerprint density at radius 2 is 2.24 bits per heavy atom. The van der Waals surface area contributed by atoms with E-state index in [1.165, 1.54) is 29.5 Å². The topological polar surface area (TPSA) is 76.9 Å². The molecule has 0 amide bonds. The fraction of sp³-hybridized carbons (Fsp3) is 0.333. The van der Waals surface area contributed by atoms with Crippen molar-refractivity contribution in [2.24, 2.45) is 5.92 Å². The summed E-state index contributed by atoms with van der Waals surface area (Å²) in [4.78, 5) is 3.72. The molecule has 9 heteroatoms. The van der Waals surface area contributed by atoms with Crippen molar-refractivity contribution in [3.05, 3.63) is 36.7 Å². The van der Waals surface area contributed by atoms with Crippen LogP contribution >= 0.6 is 11.6 Å². The number of benzene rings is 1. The Balaban J connectivity index is 2.18. The molecule has 0 aliphatic carbocycles. The first kappa shape index (κ1) is 15.7. The van der Waals surface area contributed by atoms with Gasteiger partial charge in [0, 0.05) is 11.9 Å². The third-order valence-electron chi connectivity index (χ3n) is 2.65. The molecule has 114 valence electrons. The number of anilines is 1. The van der Waals surface area contributed by atoms with Gasteiger partial charge in [0.05, 0.1) is 11.4 Å². The highest BCUT2D eigenvalue weighted by molar-refractivity contribution is 7.92. The molecule has 0 bridgehead atoms. The monoisotopic (exact) mass is 332 g/mol. The molecule has 2 rings (SSSR count). The normalized spacial score (nSPS) is 13.1. The maximum atomic E-state index is 14.0. The van der Waals surface area contributed by atoms with Gasteiger partial charge in [0.25, 0.3) is 0 Å². The second-order valence-corrected chi connectivity index (χ2v) is 6.72. The average molecular weight is 333 g/mol. The van der Waals surface area contributed by atoms with Crippen LogP contribution in [0, 0.1) is 11.7 Å². The van der Waals surface area contributed by atoms with Gasteiger partial charge in [-0.2, -0.15) is 5.10 Å². The minimum Gasteiger partial charge on any atom is -0.283 e. The molecule has 0 spiro atoms. The minimum absolute atomic E-state index is 0.122. The summed E-state index contributed by atoms with van der Waals surface area (Å²) >= 11 is 5.60. The smallest absolute Gasteiger partial charge is 0.233 e. The molecule has 1 atom stereocenters. The zero-order valence-corrected chi connectivity index (χ0v) is 12.8. The number of hydrogen-bond donors (Lipinski definition) is 1. The zero-order chi connectivity index (χ0) is 15.5. The fourth-order valence-electron chi connectivity index (χ4n) is 1.73. The zero-order valence-electron chi connectivity index (χ0n) is 11.2.